The van der Waals surface area contributed by atoms with E-state index in [2.05, 4.69) is 5.32 Å². The van der Waals surface area contributed by atoms with E-state index < -0.39 is 10.0 Å². The number of rotatable bonds is 7. The molecule has 1 aliphatic heterocycles. The van der Waals surface area contributed by atoms with Gasteiger partial charge < -0.3 is 14.8 Å². The maximum absolute atomic E-state index is 13.1. The zero-order valence-corrected chi connectivity index (χ0v) is 20.0. The zero-order valence-electron chi connectivity index (χ0n) is 19.2. The van der Waals surface area contributed by atoms with E-state index in [9.17, 15) is 13.2 Å². The first kappa shape index (κ1) is 23.8. The van der Waals surface area contributed by atoms with Crippen molar-refractivity contribution in [3.8, 4) is 17.2 Å². The third-order valence-corrected chi connectivity index (χ3v) is 7.84. The SMILES string of the molecule is COc1ccc(S(=O)(=O)N2CCC(C(=O)Nc3ccccc3Oc3ccccc3)CC2)cc1C. The van der Waals surface area contributed by atoms with Gasteiger partial charge in [-0.3, -0.25) is 4.79 Å². The Labute approximate surface area is 200 Å². The highest BCUT2D eigenvalue weighted by atomic mass is 32.2. The Morgan fingerprint density at radius 2 is 1.62 bits per heavy atom. The van der Waals surface area contributed by atoms with Gasteiger partial charge in [0.1, 0.15) is 11.5 Å². The average molecular weight is 481 g/mol. The summed E-state index contributed by atoms with van der Waals surface area (Å²) in [5.74, 6) is 1.45. The molecule has 1 fully saturated rings. The number of sulfonamides is 1. The Kier molecular flexibility index (Phi) is 7.19. The maximum Gasteiger partial charge on any atom is 0.243 e. The molecule has 0 bridgehead atoms. The zero-order chi connectivity index (χ0) is 24.1. The number of anilines is 1. The van der Waals surface area contributed by atoms with E-state index in [1.165, 1.54) is 4.31 Å². The Morgan fingerprint density at radius 3 is 2.29 bits per heavy atom. The van der Waals surface area contributed by atoms with Gasteiger partial charge in [0, 0.05) is 19.0 Å². The fourth-order valence-corrected chi connectivity index (χ4v) is 5.58. The Hall–Kier alpha value is -3.36. The number of benzene rings is 3. The second kappa shape index (κ2) is 10.3. The maximum atomic E-state index is 13.1. The predicted molar refractivity (Wildman–Crippen MR) is 131 cm³/mol. The summed E-state index contributed by atoms with van der Waals surface area (Å²) in [6, 6.07) is 21.5. The summed E-state index contributed by atoms with van der Waals surface area (Å²) >= 11 is 0. The van der Waals surface area contributed by atoms with Gasteiger partial charge in [-0.15, -0.1) is 0 Å². The summed E-state index contributed by atoms with van der Waals surface area (Å²) in [5.41, 5.74) is 1.34. The standard InChI is InChI=1S/C26H28N2O5S/c1-19-18-22(12-13-24(19)32-2)34(30,31)28-16-14-20(15-17-28)26(29)27-23-10-6-7-11-25(23)33-21-8-4-3-5-9-21/h3-13,18,20H,14-17H2,1-2H3,(H,27,29). The lowest BCUT2D eigenvalue weighted by Crippen LogP contribution is -2.41. The predicted octanol–water partition coefficient (Wildman–Crippen LogP) is 4.84. The molecule has 1 saturated heterocycles. The van der Waals surface area contributed by atoms with Gasteiger partial charge in [-0.25, -0.2) is 8.42 Å². The van der Waals surface area contributed by atoms with Crippen molar-refractivity contribution >= 4 is 21.6 Å². The van der Waals surface area contributed by atoms with Gasteiger partial charge in [0.2, 0.25) is 15.9 Å². The van der Waals surface area contributed by atoms with Crippen molar-refractivity contribution in [2.45, 2.75) is 24.7 Å². The molecule has 1 heterocycles. The van der Waals surface area contributed by atoms with Crippen LogP contribution in [0.5, 0.6) is 17.2 Å². The number of ether oxygens (including phenoxy) is 2. The van der Waals surface area contributed by atoms with Crippen LogP contribution < -0.4 is 14.8 Å². The van der Waals surface area contributed by atoms with E-state index >= 15 is 0 Å². The molecule has 0 saturated carbocycles. The number of hydrogen-bond donors (Lipinski definition) is 1. The van der Waals surface area contributed by atoms with Gasteiger partial charge >= 0.3 is 0 Å². The van der Waals surface area contributed by atoms with Crippen molar-refractivity contribution in [3.63, 3.8) is 0 Å². The van der Waals surface area contributed by atoms with E-state index in [1.807, 2.05) is 49.4 Å². The number of carbonyl (C=O) groups is 1. The van der Waals surface area contributed by atoms with Crippen molar-refractivity contribution < 1.29 is 22.7 Å². The van der Waals surface area contributed by atoms with Gasteiger partial charge in [0.25, 0.3) is 0 Å². The molecule has 0 spiro atoms. The highest BCUT2D eigenvalue weighted by molar-refractivity contribution is 7.89. The quantitative estimate of drug-likeness (QED) is 0.523. The molecule has 3 aromatic carbocycles. The van der Waals surface area contributed by atoms with Crippen LogP contribution in [0, 0.1) is 12.8 Å². The molecule has 34 heavy (non-hydrogen) atoms. The first-order valence-electron chi connectivity index (χ1n) is 11.2. The molecule has 7 nitrogen and oxygen atoms in total. The molecule has 8 heteroatoms. The summed E-state index contributed by atoms with van der Waals surface area (Å²) in [7, 11) is -2.08. The van der Waals surface area contributed by atoms with Gasteiger partial charge in [0.15, 0.2) is 5.75 Å². The number of hydrogen-bond acceptors (Lipinski definition) is 5. The second-order valence-corrected chi connectivity index (χ2v) is 10.1. The van der Waals surface area contributed by atoms with Crippen LogP contribution in [0.25, 0.3) is 0 Å². The van der Waals surface area contributed by atoms with Crippen molar-refractivity contribution in [2.75, 3.05) is 25.5 Å². The van der Waals surface area contributed by atoms with E-state index in [-0.39, 0.29) is 29.8 Å². The number of para-hydroxylation sites is 3. The van der Waals surface area contributed by atoms with Crippen LogP contribution >= 0.6 is 0 Å². The molecule has 0 radical (unpaired) electrons. The number of nitrogens with zero attached hydrogens (tertiary/aromatic N) is 1. The molecular formula is C26H28N2O5S. The van der Waals surface area contributed by atoms with Crippen molar-refractivity contribution in [1.29, 1.82) is 0 Å². The third-order valence-electron chi connectivity index (χ3n) is 5.94. The number of nitrogens with one attached hydrogen (secondary N) is 1. The summed E-state index contributed by atoms with van der Waals surface area (Å²) in [6.45, 7) is 2.38. The Balaban J connectivity index is 1.39. The lowest BCUT2D eigenvalue weighted by atomic mass is 9.97. The Bertz CT molecular complexity index is 1250. The van der Waals surface area contributed by atoms with E-state index in [0.29, 0.717) is 35.8 Å². The number of piperidine rings is 1. The van der Waals surface area contributed by atoms with Crippen LogP contribution in [-0.2, 0) is 14.8 Å². The van der Waals surface area contributed by atoms with Crippen LogP contribution in [-0.4, -0.2) is 38.8 Å². The molecule has 0 atom stereocenters. The van der Waals surface area contributed by atoms with Gasteiger partial charge in [-0.2, -0.15) is 4.31 Å². The summed E-state index contributed by atoms with van der Waals surface area (Å²) in [6.07, 6.45) is 0.893. The number of carbonyl (C=O) groups excluding carboxylic acids is 1. The summed E-state index contributed by atoms with van der Waals surface area (Å²) in [4.78, 5) is 13.2. The monoisotopic (exact) mass is 480 g/mol. The molecular weight excluding hydrogens is 452 g/mol. The minimum Gasteiger partial charge on any atom is -0.496 e. The normalized spacial score (nSPS) is 15.0. The summed E-state index contributed by atoms with van der Waals surface area (Å²) in [5, 5.41) is 2.96. The van der Waals surface area contributed by atoms with Gasteiger partial charge in [-0.05, 0) is 67.8 Å². The lowest BCUT2D eigenvalue weighted by molar-refractivity contribution is -0.120. The third kappa shape index (κ3) is 5.24. The lowest BCUT2D eigenvalue weighted by Gasteiger charge is -2.30. The van der Waals surface area contributed by atoms with Crippen LogP contribution in [0.4, 0.5) is 5.69 Å². The molecule has 178 valence electrons. The molecule has 0 unspecified atom stereocenters. The van der Waals surface area contributed by atoms with Gasteiger partial charge in [-0.1, -0.05) is 30.3 Å². The molecule has 3 aromatic rings. The fourth-order valence-electron chi connectivity index (χ4n) is 4.03. The molecule has 1 aliphatic rings. The minimum atomic E-state index is -3.63. The summed E-state index contributed by atoms with van der Waals surface area (Å²) < 4.78 is 38.8. The van der Waals surface area contributed by atoms with Gasteiger partial charge in [0.05, 0.1) is 17.7 Å². The minimum absolute atomic E-state index is 0.138. The average Bonchev–Trinajstić information content (AvgIpc) is 2.86. The molecule has 1 N–H and O–H groups in total. The number of amides is 1. The topological polar surface area (TPSA) is 84.9 Å². The number of methoxy groups -OCH3 is 1. The van der Waals surface area contributed by atoms with Crippen molar-refractivity contribution in [1.82, 2.24) is 4.31 Å². The smallest absolute Gasteiger partial charge is 0.243 e. The van der Waals surface area contributed by atoms with Crippen molar-refractivity contribution in [3.05, 3.63) is 78.4 Å². The highest BCUT2D eigenvalue weighted by Crippen LogP contribution is 2.31. The molecule has 1 amide bonds. The van der Waals surface area contributed by atoms with Crippen LogP contribution in [0.1, 0.15) is 18.4 Å². The van der Waals surface area contributed by atoms with E-state index in [1.54, 1.807) is 37.4 Å². The molecule has 4 rings (SSSR count). The van der Waals surface area contributed by atoms with Crippen LogP contribution in [0.15, 0.2) is 77.7 Å². The number of aryl methyl sites for hydroxylation is 1. The van der Waals surface area contributed by atoms with Crippen LogP contribution in [0.2, 0.25) is 0 Å². The molecule has 0 aromatic heterocycles. The fraction of sp³-hybridized carbons (Fsp3) is 0.269. The van der Waals surface area contributed by atoms with E-state index in [4.69, 9.17) is 9.47 Å². The largest absolute Gasteiger partial charge is 0.496 e. The second-order valence-electron chi connectivity index (χ2n) is 8.21. The first-order valence-corrected chi connectivity index (χ1v) is 12.6. The van der Waals surface area contributed by atoms with E-state index in [0.717, 1.165) is 5.56 Å². The van der Waals surface area contributed by atoms with Crippen LogP contribution in [0.3, 0.4) is 0 Å². The molecule has 0 aliphatic carbocycles. The first-order chi connectivity index (χ1) is 16.4. The highest BCUT2D eigenvalue weighted by Gasteiger charge is 2.32. The Morgan fingerprint density at radius 1 is 0.941 bits per heavy atom. The van der Waals surface area contributed by atoms with Crippen molar-refractivity contribution in [2.24, 2.45) is 5.92 Å².